The highest BCUT2D eigenvalue weighted by Crippen LogP contribution is 2.33. The first-order valence-corrected chi connectivity index (χ1v) is 14.2. The van der Waals surface area contributed by atoms with Crippen molar-refractivity contribution in [2.24, 2.45) is 0 Å². The van der Waals surface area contributed by atoms with Crippen molar-refractivity contribution >= 4 is 17.6 Å². The van der Waals surface area contributed by atoms with Gasteiger partial charge in [-0.1, -0.05) is 42.5 Å². The Hall–Kier alpha value is -4.51. The molecule has 5 aromatic rings. The maximum Gasteiger partial charge on any atom is 0.578 e. The molecule has 2 atom stereocenters. The van der Waals surface area contributed by atoms with Crippen LogP contribution in [0.25, 0.3) is 27.4 Å². The molecule has 0 aliphatic carbocycles. The van der Waals surface area contributed by atoms with E-state index in [-0.39, 0.29) is 6.10 Å². The Balaban J connectivity index is 1.11. The molecule has 0 saturated carbocycles. The summed E-state index contributed by atoms with van der Waals surface area (Å²) in [5.41, 5.74) is 5.63. The van der Waals surface area contributed by atoms with Gasteiger partial charge in [0, 0.05) is 48.7 Å². The zero-order valence-electron chi connectivity index (χ0n) is 22.1. The summed E-state index contributed by atoms with van der Waals surface area (Å²) in [6.45, 7) is 1.10. The molecule has 3 aromatic carbocycles. The molecule has 41 heavy (non-hydrogen) atoms. The van der Waals surface area contributed by atoms with Crippen LogP contribution in [-0.2, 0) is 6.42 Å². The van der Waals surface area contributed by atoms with Crippen molar-refractivity contribution < 1.29 is 28.6 Å². The molecule has 0 spiro atoms. The van der Waals surface area contributed by atoms with E-state index in [0.29, 0.717) is 23.8 Å². The fourth-order valence-electron chi connectivity index (χ4n) is 4.87. The molecule has 3 N–H and O–H groups in total. The molecule has 3 heterocycles. The number of aliphatic hydroxyl groups excluding tert-OH is 1. The summed E-state index contributed by atoms with van der Waals surface area (Å²) in [6, 6.07) is 27.1. The van der Waals surface area contributed by atoms with Gasteiger partial charge in [0.05, 0.1) is 6.10 Å². The fourth-order valence-corrected chi connectivity index (χ4v) is 5.67. The number of hydrogen-bond donors (Lipinski definition) is 3. The lowest BCUT2D eigenvalue weighted by molar-refractivity contribution is -1.16. The molecule has 206 valence electrons. The Kier molecular flexibility index (Phi) is 7.77. The van der Waals surface area contributed by atoms with Crippen LogP contribution in [0.4, 0.5) is 4.79 Å². The lowest BCUT2D eigenvalue weighted by atomic mass is 9.96. The maximum absolute atomic E-state index is 11.8. The number of fused-ring (bicyclic) bond motifs is 1. The van der Waals surface area contributed by atoms with Crippen LogP contribution >= 0.6 is 11.5 Å². The number of ether oxygens (including phenoxy) is 1. The number of hydrogen-bond acceptors (Lipinski definition) is 7. The van der Waals surface area contributed by atoms with Crippen LogP contribution < -0.4 is 18.9 Å². The van der Waals surface area contributed by atoms with Gasteiger partial charge in [-0.2, -0.15) is 4.79 Å². The van der Waals surface area contributed by atoms with Crippen molar-refractivity contribution in [3.63, 3.8) is 0 Å². The van der Waals surface area contributed by atoms with Gasteiger partial charge >= 0.3 is 16.8 Å². The van der Waals surface area contributed by atoms with E-state index in [1.807, 2.05) is 72.8 Å². The Morgan fingerprint density at radius 1 is 1.02 bits per heavy atom. The van der Waals surface area contributed by atoms with Crippen molar-refractivity contribution in [1.82, 2.24) is 15.4 Å². The molecule has 6 rings (SSSR count). The van der Waals surface area contributed by atoms with Crippen molar-refractivity contribution in [3.8, 4) is 33.1 Å². The lowest BCUT2D eigenvalue weighted by Gasteiger charge is -2.27. The van der Waals surface area contributed by atoms with E-state index in [4.69, 9.17) is 4.74 Å². The SMILES string of the molecule is O=C(O)[n+]1sc(-c2ccc(-c3ccc4c(c3)CC[C@H](CNC[C@H](O)c3cccnc3)O4)cc2)n[n+]1-c1ccccc1. The zero-order chi connectivity index (χ0) is 28.2. The minimum atomic E-state index is -1.09. The molecule has 10 heteroatoms. The second-order valence-electron chi connectivity index (χ2n) is 9.82. The van der Waals surface area contributed by atoms with Gasteiger partial charge < -0.3 is 20.3 Å². The summed E-state index contributed by atoms with van der Waals surface area (Å²) < 4.78 is 7.36. The Morgan fingerprint density at radius 3 is 2.56 bits per heavy atom. The molecular weight excluding hydrogens is 538 g/mol. The van der Waals surface area contributed by atoms with Gasteiger partial charge in [-0.3, -0.25) is 4.98 Å². The number of carbonyl (C=O) groups is 1. The molecule has 0 fully saturated rings. The molecule has 9 nitrogen and oxygen atoms in total. The molecule has 0 saturated heterocycles. The van der Waals surface area contributed by atoms with Gasteiger partial charge in [0.25, 0.3) is 0 Å². The third kappa shape index (κ3) is 5.99. The van der Waals surface area contributed by atoms with Crippen molar-refractivity contribution in [2.45, 2.75) is 25.0 Å². The highest BCUT2D eigenvalue weighted by atomic mass is 32.1. The highest BCUT2D eigenvalue weighted by molar-refractivity contribution is 7.05. The number of aryl methyl sites for hydroxylation is 1. The molecule has 1 aliphatic rings. The standard InChI is InChI=1S/C31H28N5O4S/c37-28(25-5-4-16-32-18-25)20-33-19-27-14-12-24-17-23(13-15-29(24)40-27)21-8-10-22(11-9-21)30-34-35(36(41-30)31(38)39)26-6-2-1-3-7-26/h1-11,13,15-18,27-28,33,37H,12,14,19-20H2/q+1/p+1/t27-,28+/m1/s1. The van der Waals surface area contributed by atoms with Crippen LogP contribution in [0.3, 0.4) is 0 Å². The number of para-hydroxylation sites is 1. The predicted molar refractivity (Wildman–Crippen MR) is 153 cm³/mol. The van der Waals surface area contributed by atoms with E-state index in [9.17, 15) is 15.0 Å². The summed E-state index contributed by atoms with van der Waals surface area (Å²) in [5, 5.41) is 28.5. The normalized spacial score (nSPS) is 15.1. The zero-order valence-corrected chi connectivity index (χ0v) is 22.9. The van der Waals surface area contributed by atoms with Gasteiger partial charge in [-0.05, 0) is 59.9 Å². The van der Waals surface area contributed by atoms with E-state index in [2.05, 4.69) is 27.5 Å². The van der Waals surface area contributed by atoms with E-state index in [0.717, 1.165) is 56.4 Å². The van der Waals surface area contributed by atoms with Gasteiger partial charge in [-0.15, -0.1) is 0 Å². The van der Waals surface area contributed by atoms with Crippen LogP contribution in [0, 0.1) is 0 Å². The summed E-state index contributed by atoms with van der Waals surface area (Å²) in [6.07, 6.45) is 3.52. The second kappa shape index (κ2) is 11.9. The first-order chi connectivity index (χ1) is 20.0. The molecule has 0 radical (unpaired) electrons. The van der Waals surface area contributed by atoms with E-state index < -0.39 is 12.2 Å². The van der Waals surface area contributed by atoms with Gasteiger partial charge in [0.1, 0.15) is 11.9 Å². The van der Waals surface area contributed by atoms with Crippen LogP contribution in [0.5, 0.6) is 5.75 Å². The molecule has 1 aliphatic heterocycles. The van der Waals surface area contributed by atoms with Crippen LogP contribution in [0.1, 0.15) is 23.7 Å². The number of aliphatic hydroxyl groups is 1. The number of carboxylic acid groups (broad SMARTS) is 1. The smallest absolute Gasteiger partial charge is 0.489 e. The summed E-state index contributed by atoms with van der Waals surface area (Å²) >= 11 is 1.07. The van der Waals surface area contributed by atoms with E-state index in [1.54, 1.807) is 12.4 Å². The summed E-state index contributed by atoms with van der Waals surface area (Å²) in [4.78, 5) is 17.3. The fraction of sp³-hybridized carbons (Fsp3) is 0.194. The quantitative estimate of drug-likeness (QED) is 0.243. The number of benzene rings is 3. The third-order valence-corrected chi connectivity index (χ3v) is 7.99. The van der Waals surface area contributed by atoms with Gasteiger partial charge in [0.15, 0.2) is 15.6 Å². The lowest BCUT2D eigenvalue weighted by Crippen LogP contribution is -2.66. The third-order valence-electron chi connectivity index (χ3n) is 7.02. The van der Waals surface area contributed by atoms with Crippen LogP contribution in [0.2, 0.25) is 0 Å². The largest absolute Gasteiger partial charge is 0.578 e. The van der Waals surface area contributed by atoms with Crippen molar-refractivity contribution in [1.29, 1.82) is 0 Å². The number of nitrogens with one attached hydrogen (secondary N) is 1. The Morgan fingerprint density at radius 2 is 1.80 bits per heavy atom. The number of pyridine rings is 1. The highest BCUT2D eigenvalue weighted by Gasteiger charge is 2.36. The average molecular weight is 568 g/mol. The molecule has 0 amide bonds. The molecule has 0 bridgehead atoms. The van der Waals surface area contributed by atoms with Crippen molar-refractivity contribution in [3.05, 3.63) is 108 Å². The van der Waals surface area contributed by atoms with Crippen LogP contribution in [-0.4, -0.2) is 45.6 Å². The first-order valence-electron chi connectivity index (χ1n) is 13.4. The second-order valence-corrected chi connectivity index (χ2v) is 10.7. The number of rotatable bonds is 8. The predicted octanol–water partition coefficient (Wildman–Crippen LogP) is 3.98. The van der Waals surface area contributed by atoms with Gasteiger partial charge in [0.2, 0.25) is 9.90 Å². The van der Waals surface area contributed by atoms with E-state index in [1.165, 1.54) is 10.4 Å². The number of nitrogens with zero attached hydrogens (tertiary/aromatic N) is 4. The van der Waals surface area contributed by atoms with Gasteiger partial charge in [-0.25, -0.2) is 0 Å². The first kappa shape index (κ1) is 26.7. The summed E-state index contributed by atoms with van der Waals surface area (Å²) in [7, 11) is 0. The van der Waals surface area contributed by atoms with Crippen molar-refractivity contribution in [2.75, 3.05) is 13.1 Å². The summed E-state index contributed by atoms with van der Waals surface area (Å²) in [5.74, 6) is 0.891. The minimum Gasteiger partial charge on any atom is -0.489 e. The average Bonchev–Trinajstić information content (AvgIpc) is 3.48. The topological polar surface area (TPSA) is 112 Å². The molecule has 2 aromatic heterocycles. The Labute approximate surface area is 241 Å². The van der Waals surface area contributed by atoms with E-state index >= 15 is 0 Å². The number of aromatic nitrogens is 4. The minimum absolute atomic E-state index is 0.0410. The molecular formula is C31H29N5O4S+2. The monoisotopic (exact) mass is 567 g/mol. The molecule has 0 unspecified atom stereocenters. The maximum atomic E-state index is 11.8. The Bertz CT molecular complexity index is 1640. The van der Waals surface area contributed by atoms with Crippen LogP contribution in [0.15, 0.2) is 97.3 Å².